The predicted octanol–water partition coefficient (Wildman–Crippen LogP) is 4.26. The van der Waals surface area contributed by atoms with Crippen molar-refractivity contribution in [1.82, 2.24) is 5.32 Å². The summed E-state index contributed by atoms with van der Waals surface area (Å²) in [5, 5.41) is 5.55. The van der Waals surface area contributed by atoms with E-state index in [1.165, 1.54) is 12.1 Å². The molecule has 2 N–H and O–H groups in total. The van der Waals surface area contributed by atoms with Crippen LogP contribution in [0.5, 0.6) is 0 Å². The van der Waals surface area contributed by atoms with Crippen molar-refractivity contribution in [2.75, 3.05) is 11.9 Å². The number of aryl methyl sites for hydroxylation is 1. The molecule has 0 saturated heterocycles. The van der Waals surface area contributed by atoms with Crippen LogP contribution in [0.25, 0.3) is 0 Å². The molecule has 21 heavy (non-hydrogen) atoms. The van der Waals surface area contributed by atoms with Gasteiger partial charge >= 0.3 is 6.03 Å². The molecule has 0 radical (unpaired) electrons. The minimum atomic E-state index is -0.271. The number of halogens is 2. The van der Waals surface area contributed by atoms with Gasteiger partial charge in [-0.15, -0.1) is 0 Å². The minimum absolute atomic E-state index is 0.262. The molecule has 2 amide bonds. The highest BCUT2D eigenvalue weighted by molar-refractivity contribution is 9.10. The molecule has 0 unspecified atom stereocenters. The third kappa shape index (κ3) is 4.86. The first kappa shape index (κ1) is 15.5. The van der Waals surface area contributed by atoms with Gasteiger partial charge in [0.2, 0.25) is 0 Å². The summed E-state index contributed by atoms with van der Waals surface area (Å²) in [5.74, 6) is -0.262. The van der Waals surface area contributed by atoms with Crippen molar-refractivity contribution in [3.8, 4) is 0 Å². The van der Waals surface area contributed by atoms with E-state index in [-0.39, 0.29) is 11.8 Å². The van der Waals surface area contributed by atoms with Gasteiger partial charge in [0, 0.05) is 16.7 Å². The van der Waals surface area contributed by atoms with Gasteiger partial charge in [-0.2, -0.15) is 0 Å². The van der Waals surface area contributed by atoms with Crippen LogP contribution < -0.4 is 10.6 Å². The van der Waals surface area contributed by atoms with Gasteiger partial charge in [-0.1, -0.05) is 34.1 Å². The number of amides is 2. The summed E-state index contributed by atoms with van der Waals surface area (Å²) in [6.07, 6.45) is 0.586. The smallest absolute Gasteiger partial charge is 0.319 e. The van der Waals surface area contributed by atoms with Crippen molar-refractivity contribution in [2.24, 2.45) is 0 Å². The molecule has 0 aliphatic carbocycles. The maximum Gasteiger partial charge on any atom is 0.319 e. The summed E-state index contributed by atoms with van der Waals surface area (Å²) in [6.45, 7) is 2.37. The highest BCUT2D eigenvalue weighted by atomic mass is 79.9. The second-order valence-corrected chi connectivity index (χ2v) is 5.64. The summed E-state index contributed by atoms with van der Waals surface area (Å²) >= 11 is 3.37. The first-order valence-electron chi connectivity index (χ1n) is 6.60. The molecule has 2 rings (SSSR count). The molecule has 3 nitrogen and oxygen atoms in total. The average molecular weight is 351 g/mol. The van der Waals surface area contributed by atoms with Crippen molar-refractivity contribution >= 4 is 27.6 Å². The molecule has 0 saturated carbocycles. The van der Waals surface area contributed by atoms with Crippen molar-refractivity contribution in [1.29, 1.82) is 0 Å². The second kappa shape index (κ2) is 7.22. The van der Waals surface area contributed by atoms with E-state index < -0.39 is 0 Å². The van der Waals surface area contributed by atoms with Crippen LogP contribution in [0.3, 0.4) is 0 Å². The van der Waals surface area contributed by atoms with E-state index in [4.69, 9.17) is 0 Å². The van der Waals surface area contributed by atoms with Crippen molar-refractivity contribution < 1.29 is 9.18 Å². The van der Waals surface area contributed by atoms with Crippen LogP contribution in [0.15, 0.2) is 46.9 Å². The molecular weight excluding hydrogens is 335 g/mol. The van der Waals surface area contributed by atoms with Crippen LogP contribution in [0.2, 0.25) is 0 Å². The Morgan fingerprint density at radius 2 is 2.05 bits per heavy atom. The molecular formula is C16H16BrFN2O. The fourth-order valence-electron chi connectivity index (χ4n) is 1.91. The molecule has 5 heteroatoms. The zero-order valence-corrected chi connectivity index (χ0v) is 13.2. The number of hydrogen-bond donors (Lipinski definition) is 2. The Morgan fingerprint density at radius 1 is 1.24 bits per heavy atom. The molecule has 0 aliphatic heterocycles. The fraction of sp³-hybridized carbons (Fsp3) is 0.188. The lowest BCUT2D eigenvalue weighted by Crippen LogP contribution is -2.30. The molecule has 0 atom stereocenters. The van der Waals surface area contributed by atoms with E-state index in [0.29, 0.717) is 13.0 Å². The molecule has 0 spiro atoms. The van der Waals surface area contributed by atoms with Gasteiger partial charge in [0.1, 0.15) is 5.82 Å². The number of benzene rings is 2. The number of anilines is 1. The molecule has 2 aromatic carbocycles. The Hall–Kier alpha value is -1.88. The first-order chi connectivity index (χ1) is 10.0. The lowest BCUT2D eigenvalue weighted by atomic mass is 10.1. The molecule has 110 valence electrons. The topological polar surface area (TPSA) is 41.1 Å². The van der Waals surface area contributed by atoms with Crippen molar-refractivity contribution in [2.45, 2.75) is 13.3 Å². The van der Waals surface area contributed by atoms with Crippen LogP contribution >= 0.6 is 15.9 Å². The van der Waals surface area contributed by atoms with Crippen LogP contribution in [0.1, 0.15) is 11.1 Å². The minimum Gasteiger partial charge on any atom is -0.338 e. The maximum absolute atomic E-state index is 13.0. The van der Waals surface area contributed by atoms with Crippen molar-refractivity contribution in [3.63, 3.8) is 0 Å². The highest BCUT2D eigenvalue weighted by Crippen LogP contribution is 2.20. The van der Waals surface area contributed by atoms with E-state index in [2.05, 4.69) is 26.6 Å². The van der Waals surface area contributed by atoms with E-state index in [0.717, 1.165) is 21.3 Å². The first-order valence-corrected chi connectivity index (χ1v) is 7.39. The lowest BCUT2D eigenvalue weighted by Gasteiger charge is -2.10. The lowest BCUT2D eigenvalue weighted by molar-refractivity contribution is 0.252. The monoisotopic (exact) mass is 350 g/mol. The molecule has 2 aromatic rings. The highest BCUT2D eigenvalue weighted by Gasteiger charge is 2.04. The van der Waals surface area contributed by atoms with Gasteiger partial charge in [0.15, 0.2) is 0 Å². The molecule has 0 aliphatic rings. The van der Waals surface area contributed by atoms with Gasteiger partial charge < -0.3 is 10.6 Å². The van der Waals surface area contributed by atoms with Crippen molar-refractivity contribution in [3.05, 3.63) is 63.9 Å². The zero-order valence-electron chi connectivity index (χ0n) is 11.6. The summed E-state index contributed by atoms with van der Waals surface area (Å²) in [5.41, 5.74) is 2.60. The standard InChI is InChI=1S/C16H16BrFN2O/c1-11-5-6-13(17)10-15(11)20-16(21)19-8-7-12-3-2-4-14(18)9-12/h2-6,9-10H,7-8H2,1H3,(H2,19,20,21). The normalized spacial score (nSPS) is 10.2. The average Bonchev–Trinajstić information content (AvgIpc) is 2.43. The van der Waals surface area contributed by atoms with E-state index >= 15 is 0 Å². The Labute approximate surface area is 131 Å². The third-order valence-electron chi connectivity index (χ3n) is 3.04. The molecule has 0 heterocycles. The summed E-state index contributed by atoms with van der Waals surface area (Å²) in [4.78, 5) is 11.8. The van der Waals surface area contributed by atoms with Crippen LogP contribution in [-0.4, -0.2) is 12.6 Å². The summed E-state index contributed by atoms with van der Waals surface area (Å²) in [6, 6.07) is 11.8. The Morgan fingerprint density at radius 3 is 2.81 bits per heavy atom. The number of rotatable bonds is 4. The number of carbonyl (C=O) groups is 1. The van der Waals surface area contributed by atoms with Gasteiger partial charge in [0.05, 0.1) is 0 Å². The Kier molecular flexibility index (Phi) is 5.33. The molecule has 0 aromatic heterocycles. The van der Waals surface area contributed by atoms with Crippen LogP contribution in [0, 0.1) is 12.7 Å². The van der Waals surface area contributed by atoms with E-state index in [1.54, 1.807) is 6.07 Å². The van der Waals surface area contributed by atoms with E-state index in [1.807, 2.05) is 31.2 Å². The van der Waals surface area contributed by atoms with Gasteiger partial charge in [-0.3, -0.25) is 0 Å². The quantitative estimate of drug-likeness (QED) is 0.849. The second-order valence-electron chi connectivity index (χ2n) is 4.72. The number of hydrogen-bond acceptors (Lipinski definition) is 1. The van der Waals surface area contributed by atoms with Gasteiger partial charge in [0.25, 0.3) is 0 Å². The van der Waals surface area contributed by atoms with Gasteiger partial charge in [-0.25, -0.2) is 9.18 Å². The molecule has 0 bridgehead atoms. The Balaban J connectivity index is 1.84. The SMILES string of the molecule is Cc1ccc(Br)cc1NC(=O)NCCc1cccc(F)c1. The van der Waals surface area contributed by atoms with Gasteiger partial charge in [-0.05, 0) is 48.7 Å². The van der Waals surface area contributed by atoms with Crippen LogP contribution in [0.4, 0.5) is 14.9 Å². The van der Waals surface area contributed by atoms with E-state index in [9.17, 15) is 9.18 Å². The predicted molar refractivity (Wildman–Crippen MR) is 86.0 cm³/mol. The summed E-state index contributed by atoms with van der Waals surface area (Å²) in [7, 11) is 0. The molecule has 0 fully saturated rings. The Bertz CT molecular complexity index is 646. The number of carbonyl (C=O) groups excluding carboxylic acids is 1. The maximum atomic E-state index is 13.0. The summed E-state index contributed by atoms with van der Waals surface area (Å²) < 4.78 is 13.9. The van der Waals surface area contributed by atoms with Crippen LogP contribution in [-0.2, 0) is 6.42 Å². The number of urea groups is 1. The zero-order chi connectivity index (χ0) is 15.2. The largest absolute Gasteiger partial charge is 0.338 e. The third-order valence-corrected chi connectivity index (χ3v) is 3.53. The number of nitrogens with one attached hydrogen (secondary N) is 2. The fourth-order valence-corrected chi connectivity index (χ4v) is 2.27.